The summed E-state index contributed by atoms with van der Waals surface area (Å²) in [6.45, 7) is 6.79. The van der Waals surface area contributed by atoms with Gasteiger partial charge in [-0.15, -0.1) is 0 Å². The fraction of sp³-hybridized carbons (Fsp3) is 0.632. The minimum Gasteiger partial charge on any atom is -0.378 e. The molecule has 0 amide bonds. The lowest BCUT2D eigenvalue weighted by molar-refractivity contribution is -0.175. The largest absolute Gasteiger partial charge is 0.378 e. The molecule has 2 aliphatic rings. The first-order valence-electron chi connectivity index (χ1n) is 9.14. The van der Waals surface area contributed by atoms with Gasteiger partial charge in [0.1, 0.15) is 12.1 Å². The van der Waals surface area contributed by atoms with Gasteiger partial charge in [-0.25, -0.2) is 15.0 Å². The number of hydrogen-bond donors (Lipinski definition) is 0. The average molecular weight is 342 g/mol. The highest BCUT2D eigenvalue weighted by Crippen LogP contribution is 2.38. The van der Waals surface area contributed by atoms with E-state index in [4.69, 9.17) is 9.47 Å². The monoisotopic (exact) mass is 342 g/mol. The zero-order valence-electron chi connectivity index (χ0n) is 15.3. The first kappa shape index (κ1) is 16.7. The number of nitrogens with zero attached hydrogens (tertiary/aromatic N) is 4. The molecule has 1 unspecified atom stereocenters. The number of anilines is 1. The SMILES string of the molecule is COC1CCCOC12CCN(c1ncnc3nc(C)cc(C)c13)CC2. The maximum Gasteiger partial charge on any atom is 0.165 e. The quantitative estimate of drug-likeness (QED) is 0.836. The van der Waals surface area contributed by atoms with Gasteiger partial charge in [-0.05, 0) is 51.2 Å². The van der Waals surface area contributed by atoms with E-state index in [0.29, 0.717) is 0 Å². The molecule has 6 heteroatoms. The van der Waals surface area contributed by atoms with Crippen molar-refractivity contribution in [3.05, 3.63) is 23.7 Å². The second-order valence-electron chi connectivity index (χ2n) is 7.24. The first-order valence-corrected chi connectivity index (χ1v) is 9.14. The summed E-state index contributed by atoms with van der Waals surface area (Å²) in [5, 5.41) is 1.07. The molecule has 0 bridgehead atoms. The molecule has 4 heterocycles. The van der Waals surface area contributed by atoms with E-state index in [0.717, 1.165) is 67.9 Å². The predicted octanol–water partition coefficient (Wildman–Crippen LogP) is 2.81. The summed E-state index contributed by atoms with van der Waals surface area (Å²) >= 11 is 0. The number of aromatic nitrogens is 3. The topological polar surface area (TPSA) is 60.4 Å². The smallest absolute Gasteiger partial charge is 0.165 e. The fourth-order valence-corrected chi connectivity index (χ4v) is 4.43. The van der Waals surface area contributed by atoms with Crippen molar-refractivity contribution >= 4 is 16.9 Å². The van der Waals surface area contributed by atoms with Crippen LogP contribution >= 0.6 is 0 Å². The van der Waals surface area contributed by atoms with Crippen LogP contribution in [0.3, 0.4) is 0 Å². The lowest BCUT2D eigenvalue weighted by atomic mass is 9.82. The van der Waals surface area contributed by atoms with Crippen molar-refractivity contribution in [1.29, 1.82) is 0 Å². The van der Waals surface area contributed by atoms with Crippen LogP contribution in [0.25, 0.3) is 11.0 Å². The highest BCUT2D eigenvalue weighted by atomic mass is 16.5. The van der Waals surface area contributed by atoms with Crippen molar-refractivity contribution in [2.45, 2.75) is 51.2 Å². The summed E-state index contributed by atoms with van der Waals surface area (Å²) in [6, 6.07) is 2.10. The Labute approximate surface area is 148 Å². The molecule has 2 aromatic heterocycles. The molecule has 2 aliphatic heterocycles. The molecule has 0 aromatic carbocycles. The molecule has 0 radical (unpaired) electrons. The number of aryl methyl sites for hydroxylation is 2. The van der Waals surface area contributed by atoms with Crippen LogP contribution in [-0.4, -0.2) is 53.5 Å². The molecule has 2 saturated heterocycles. The molecule has 1 atom stereocenters. The third-order valence-electron chi connectivity index (χ3n) is 5.69. The number of ether oxygens (including phenoxy) is 2. The van der Waals surface area contributed by atoms with E-state index in [1.54, 1.807) is 6.33 Å². The summed E-state index contributed by atoms with van der Waals surface area (Å²) in [5.74, 6) is 0.995. The van der Waals surface area contributed by atoms with E-state index in [1.165, 1.54) is 5.56 Å². The first-order chi connectivity index (χ1) is 12.1. The Morgan fingerprint density at radius 2 is 2.04 bits per heavy atom. The van der Waals surface area contributed by atoms with Crippen molar-refractivity contribution in [3.63, 3.8) is 0 Å². The highest BCUT2D eigenvalue weighted by Gasteiger charge is 2.45. The van der Waals surface area contributed by atoms with E-state index in [1.807, 2.05) is 14.0 Å². The Bertz CT molecular complexity index is 771. The zero-order chi connectivity index (χ0) is 17.4. The maximum absolute atomic E-state index is 6.22. The molecule has 2 fully saturated rings. The van der Waals surface area contributed by atoms with Gasteiger partial charge in [-0.3, -0.25) is 0 Å². The van der Waals surface area contributed by atoms with Crippen LogP contribution in [0.15, 0.2) is 12.4 Å². The molecule has 0 N–H and O–H groups in total. The van der Waals surface area contributed by atoms with Gasteiger partial charge in [0.05, 0.1) is 17.1 Å². The Hall–Kier alpha value is -1.79. The molecular formula is C19H26N4O2. The second kappa shape index (κ2) is 6.50. The fourth-order valence-electron chi connectivity index (χ4n) is 4.43. The third-order valence-corrected chi connectivity index (χ3v) is 5.69. The van der Waals surface area contributed by atoms with Gasteiger partial charge in [0.15, 0.2) is 5.65 Å². The summed E-state index contributed by atoms with van der Waals surface area (Å²) in [4.78, 5) is 15.9. The molecule has 2 aromatic rings. The minimum atomic E-state index is -0.129. The van der Waals surface area contributed by atoms with E-state index >= 15 is 0 Å². The van der Waals surface area contributed by atoms with Crippen molar-refractivity contribution < 1.29 is 9.47 Å². The molecule has 1 spiro atoms. The van der Waals surface area contributed by atoms with Gasteiger partial charge < -0.3 is 14.4 Å². The Kier molecular flexibility index (Phi) is 4.33. The Balaban J connectivity index is 1.62. The number of fused-ring (bicyclic) bond motifs is 1. The molecular weight excluding hydrogens is 316 g/mol. The normalized spacial score (nSPS) is 23.3. The number of hydrogen-bond acceptors (Lipinski definition) is 6. The van der Waals surface area contributed by atoms with Crippen molar-refractivity contribution in [2.24, 2.45) is 0 Å². The minimum absolute atomic E-state index is 0.129. The van der Waals surface area contributed by atoms with E-state index in [2.05, 4.69) is 32.8 Å². The summed E-state index contributed by atoms with van der Waals surface area (Å²) < 4.78 is 12.0. The standard InChI is InChI=1S/C19H26N4O2/c1-13-11-14(2)22-17-16(13)18(21-12-20-17)23-8-6-19(7-9-23)15(24-3)5-4-10-25-19/h11-12,15H,4-10H2,1-3H3. The van der Waals surface area contributed by atoms with Gasteiger partial charge in [0.2, 0.25) is 0 Å². The average Bonchev–Trinajstić information content (AvgIpc) is 2.62. The van der Waals surface area contributed by atoms with Crippen LogP contribution in [0, 0.1) is 13.8 Å². The number of methoxy groups -OCH3 is 1. The summed E-state index contributed by atoms with van der Waals surface area (Å²) in [5.41, 5.74) is 2.83. The Morgan fingerprint density at radius 3 is 2.80 bits per heavy atom. The molecule has 0 saturated carbocycles. The van der Waals surface area contributed by atoms with Crippen LogP contribution in [0.5, 0.6) is 0 Å². The molecule has 6 nitrogen and oxygen atoms in total. The highest BCUT2D eigenvalue weighted by molar-refractivity contribution is 5.90. The summed E-state index contributed by atoms with van der Waals surface area (Å²) in [6.07, 6.45) is 5.95. The molecule has 0 aliphatic carbocycles. The molecule has 134 valence electrons. The van der Waals surface area contributed by atoms with E-state index in [-0.39, 0.29) is 11.7 Å². The van der Waals surface area contributed by atoms with Crippen LogP contribution in [0.4, 0.5) is 5.82 Å². The number of pyridine rings is 1. The van der Waals surface area contributed by atoms with Crippen LogP contribution in [-0.2, 0) is 9.47 Å². The number of rotatable bonds is 2. The van der Waals surface area contributed by atoms with Gasteiger partial charge >= 0.3 is 0 Å². The van der Waals surface area contributed by atoms with Crippen molar-refractivity contribution in [2.75, 3.05) is 31.7 Å². The van der Waals surface area contributed by atoms with Crippen LogP contribution in [0.2, 0.25) is 0 Å². The van der Waals surface area contributed by atoms with E-state index in [9.17, 15) is 0 Å². The zero-order valence-corrected chi connectivity index (χ0v) is 15.3. The maximum atomic E-state index is 6.22. The van der Waals surface area contributed by atoms with Gasteiger partial charge in [0, 0.05) is 32.5 Å². The van der Waals surface area contributed by atoms with Crippen LogP contribution < -0.4 is 4.90 Å². The third kappa shape index (κ3) is 2.87. The van der Waals surface area contributed by atoms with E-state index < -0.39 is 0 Å². The predicted molar refractivity (Wildman–Crippen MR) is 97.0 cm³/mol. The van der Waals surface area contributed by atoms with Gasteiger partial charge in [-0.2, -0.15) is 0 Å². The lowest BCUT2D eigenvalue weighted by Crippen LogP contribution is -2.56. The molecule has 4 rings (SSSR count). The summed E-state index contributed by atoms with van der Waals surface area (Å²) in [7, 11) is 1.81. The Morgan fingerprint density at radius 1 is 1.24 bits per heavy atom. The van der Waals surface area contributed by atoms with Gasteiger partial charge in [-0.1, -0.05) is 0 Å². The van der Waals surface area contributed by atoms with Crippen molar-refractivity contribution in [1.82, 2.24) is 15.0 Å². The van der Waals surface area contributed by atoms with Crippen LogP contribution in [0.1, 0.15) is 36.9 Å². The van der Waals surface area contributed by atoms with Gasteiger partial charge in [0.25, 0.3) is 0 Å². The van der Waals surface area contributed by atoms with Crippen molar-refractivity contribution in [3.8, 4) is 0 Å². The molecule has 25 heavy (non-hydrogen) atoms. The number of piperidine rings is 1. The second-order valence-corrected chi connectivity index (χ2v) is 7.24. The lowest BCUT2D eigenvalue weighted by Gasteiger charge is -2.48.